The number of carbonyl (C=O) groups excluding carboxylic acids is 1. The summed E-state index contributed by atoms with van der Waals surface area (Å²) >= 11 is 1.55. The van der Waals surface area contributed by atoms with Crippen LogP contribution in [0.1, 0.15) is 33.6 Å². The van der Waals surface area contributed by atoms with Crippen LogP contribution in [0.4, 0.5) is 0 Å². The third-order valence-electron chi connectivity index (χ3n) is 4.11. The molecule has 0 bridgehead atoms. The topological polar surface area (TPSA) is 35.9 Å². The molecule has 0 saturated carbocycles. The lowest BCUT2D eigenvalue weighted by Gasteiger charge is -2.26. The number of halogens is 1. The Morgan fingerprint density at radius 2 is 1.95 bits per heavy atom. The van der Waals surface area contributed by atoms with Gasteiger partial charge in [-0.25, -0.2) is 0 Å². The maximum absolute atomic E-state index is 12.7. The summed E-state index contributed by atoms with van der Waals surface area (Å²) in [5.74, 6) is 0.201. The van der Waals surface area contributed by atoms with Crippen LogP contribution in [0.3, 0.4) is 0 Å². The molecule has 3 aliphatic heterocycles. The smallest absolute Gasteiger partial charge is 0.262 e. The summed E-state index contributed by atoms with van der Waals surface area (Å²) in [6, 6.07) is 0.733. The summed E-state index contributed by atoms with van der Waals surface area (Å²) in [7, 11) is 0. The average molecular weight is 302 g/mol. The molecule has 1 fully saturated rings. The molecule has 2 atom stereocenters. The molecule has 19 heavy (non-hydrogen) atoms. The van der Waals surface area contributed by atoms with Crippen LogP contribution in [0.2, 0.25) is 0 Å². The highest BCUT2D eigenvalue weighted by Crippen LogP contribution is 2.39. The molecule has 3 heterocycles. The first-order valence-electron chi connectivity index (χ1n) is 6.63. The molecule has 0 spiro atoms. The van der Waals surface area contributed by atoms with Crippen molar-refractivity contribution in [3.8, 4) is 0 Å². The molecule has 4 nitrogen and oxygen atoms in total. The zero-order valence-electron chi connectivity index (χ0n) is 11.5. The van der Waals surface area contributed by atoms with Gasteiger partial charge in [0.15, 0.2) is 5.17 Å². The van der Waals surface area contributed by atoms with Crippen molar-refractivity contribution in [1.29, 1.82) is 0 Å². The Labute approximate surface area is 124 Å². The van der Waals surface area contributed by atoms with Gasteiger partial charge in [0.05, 0.1) is 11.4 Å². The first-order chi connectivity index (χ1) is 8.59. The fraction of sp³-hybridized carbons (Fsp3) is 0.692. The largest absolute Gasteiger partial charge is 0.333 e. The van der Waals surface area contributed by atoms with Crippen molar-refractivity contribution in [2.75, 3.05) is 13.1 Å². The lowest BCUT2D eigenvalue weighted by atomic mass is 10.2. The standard InChI is InChI=1S/C13H19N3OS.ClH/c1-8-4-5-9(2)16(8)12(17)11-10(3)15-7-6-14-13(15)18-11;/h8-9H,4-7H2,1-3H3;1H/t8-,9+;. The second-order valence-electron chi connectivity index (χ2n) is 5.32. The Hall–Kier alpha value is -0.680. The van der Waals surface area contributed by atoms with Crippen molar-refractivity contribution in [3.05, 3.63) is 10.6 Å². The third kappa shape index (κ3) is 2.27. The second kappa shape index (κ2) is 5.37. The van der Waals surface area contributed by atoms with Gasteiger partial charge < -0.3 is 9.80 Å². The number of hydrogen-bond donors (Lipinski definition) is 0. The highest BCUT2D eigenvalue weighted by molar-refractivity contribution is 8.18. The van der Waals surface area contributed by atoms with E-state index in [9.17, 15) is 4.79 Å². The van der Waals surface area contributed by atoms with E-state index in [0.29, 0.717) is 12.1 Å². The van der Waals surface area contributed by atoms with E-state index in [0.717, 1.165) is 41.7 Å². The lowest BCUT2D eigenvalue weighted by Crippen LogP contribution is -2.39. The number of rotatable bonds is 1. The van der Waals surface area contributed by atoms with Crippen molar-refractivity contribution in [2.45, 2.75) is 45.7 Å². The van der Waals surface area contributed by atoms with E-state index in [1.54, 1.807) is 11.8 Å². The Morgan fingerprint density at radius 1 is 1.32 bits per heavy atom. The molecule has 0 aromatic carbocycles. The van der Waals surface area contributed by atoms with Crippen molar-refractivity contribution in [2.24, 2.45) is 4.99 Å². The van der Waals surface area contributed by atoms with Crippen LogP contribution in [0.15, 0.2) is 15.6 Å². The van der Waals surface area contributed by atoms with Gasteiger partial charge in [0.1, 0.15) is 0 Å². The molecule has 6 heteroatoms. The van der Waals surface area contributed by atoms with Crippen LogP contribution < -0.4 is 0 Å². The molecule has 3 rings (SSSR count). The third-order valence-corrected chi connectivity index (χ3v) is 5.32. The summed E-state index contributed by atoms with van der Waals surface area (Å²) in [5, 5.41) is 1.01. The molecule has 1 saturated heterocycles. The van der Waals surface area contributed by atoms with E-state index in [4.69, 9.17) is 0 Å². The van der Waals surface area contributed by atoms with Gasteiger partial charge in [-0.2, -0.15) is 0 Å². The molecular weight excluding hydrogens is 282 g/mol. The zero-order valence-corrected chi connectivity index (χ0v) is 13.2. The molecule has 0 aromatic heterocycles. The van der Waals surface area contributed by atoms with Crippen LogP contribution >= 0.6 is 24.2 Å². The molecule has 0 N–H and O–H groups in total. The van der Waals surface area contributed by atoms with Crippen LogP contribution in [0.25, 0.3) is 0 Å². The normalized spacial score (nSPS) is 29.5. The highest BCUT2D eigenvalue weighted by Gasteiger charge is 2.39. The van der Waals surface area contributed by atoms with Gasteiger partial charge in [-0.05, 0) is 45.4 Å². The minimum atomic E-state index is 0. The number of carbonyl (C=O) groups is 1. The predicted molar refractivity (Wildman–Crippen MR) is 81.6 cm³/mol. The van der Waals surface area contributed by atoms with Gasteiger partial charge in [0.25, 0.3) is 5.91 Å². The Bertz CT molecular complexity index is 453. The molecule has 3 aliphatic rings. The van der Waals surface area contributed by atoms with Crippen LogP contribution in [-0.4, -0.2) is 46.0 Å². The summed E-state index contributed by atoms with van der Waals surface area (Å²) < 4.78 is 0. The van der Waals surface area contributed by atoms with Crippen molar-refractivity contribution in [3.63, 3.8) is 0 Å². The van der Waals surface area contributed by atoms with Gasteiger partial charge >= 0.3 is 0 Å². The van der Waals surface area contributed by atoms with Crippen LogP contribution in [-0.2, 0) is 4.79 Å². The molecule has 0 unspecified atom stereocenters. The number of allylic oxidation sites excluding steroid dienone is 1. The van der Waals surface area contributed by atoms with Crippen molar-refractivity contribution >= 4 is 35.2 Å². The van der Waals surface area contributed by atoms with E-state index in [1.165, 1.54) is 0 Å². The summed E-state index contributed by atoms with van der Waals surface area (Å²) in [5.41, 5.74) is 1.09. The molecule has 106 valence electrons. The lowest BCUT2D eigenvalue weighted by molar-refractivity contribution is -0.128. The first-order valence-corrected chi connectivity index (χ1v) is 7.44. The first kappa shape index (κ1) is 14.7. The Balaban J connectivity index is 0.00000133. The van der Waals surface area contributed by atoms with E-state index in [1.807, 2.05) is 6.92 Å². The number of fused-ring (bicyclic) bond motifs is 1. The number of amidine groups is 1. The van der Waals surface area contributed by atoms with E-state index >= 15 is 0 Å². The maximum Gasteiger partial charge on any atom is 0.262 e. The monoisotopic (exact) mass is 301 g/mol. The summed E-state index contributed by atoms with van der Waals surface area (Å²) in [6.07, 6.45) is 2.24. The SMILES string of the molecule is CC1=C(C(=O)N2[C@H](C)CC[C@@H]2C)SC2=NCCN21.Cl. The number of likely N-dealkylation sites (tertiary alicyclic amines) is 1. The molecule has 0 aromatic rings. The van der Waals surface area contributed by atoms with Gasteiger partial charge in [-0.15, -0.1) is 12.4 Å². The van der Waals surface area contributed by atoms with Crippen molar-refractivity contribution in [1.82, 2.24) is 9.80 Å². The molecule has 1 amide bonds. The molecular formula is C13H20ClN3OS. The molecule has 0 radical (unpaired) electrons. The predicted octanol–water partition coefficient (Wildman–Crippen LogP) is 2.46. The second-order valence-corrected chi connectivity index (χ2v) is 6.30. The zero-order chi connectivity index (χ0) is 12.9. The summed E-state index contributed by atoms with van der Waals surface area (Å²) in [4.78, 5) is 22.2. The molecule has 0 aliphatic carbocycles. The highest BCUT2D eigenvalue weighted by atomic mass is 35.5. The van der Waals surface area contributed by atoms with Crippen LogP contribution in [0.5, 0.6) is 0 Å². The van der Waals surface area contributed by atoms with Crippen LogP contribution in [0, 0.1) is 0 Å². The Morgan fingerprint density at radius 3 is 2.53 bits per heavy atom. The van der Waals surface area contributed by atoms with E-state index < -0.39 is 0 Å². The van der Waals surface area contributed by atoms with Gasteiger partial charge in [0.2, 0.25) is 0 Å². The minimum Gasteiger partial charge on any atom is -0.333 e. The summed E-state index contributed by atoms with van der Waals surface area (Å²) in [6.45, 7) is 8.12. The van der Waals surface area contributed by atoms with E-state index in [-0.39, 0.29) is 18.3 Å². The number of aliphatic imine (C=N–C) groups is 1. The van der Waals surface area contributed by atoms with E-state index in [2.05, 4.69) is 28.6 Å². The number of nitrogens with zero attached hydrogens (tertiary/aromatic N) is 3. The van der Waals surface area contributed by atoms with Gasteiger partial charge in [0, 0.05) is 24.3 Å². The quantitative estimate of drug-likeness (QED) is 0.746. The maximum atomic E-state index is 12.7. The Kier molecular flexibility index (Phi) is 4.16. The van der Waals surface area contributed by atoms with Gasteiger partial charge in [-0.3, -0.25) is 9.79 Å². The number of amides is 1. The fourth-order valence-electron chi connectivity index (χ4n) is 3.02. The number of hydrogen-bond acceptors (Lipinski definition) is 4. The average Bonchev–Trinajstić information content (AvgIpc) is 2.97. The fourth-order valence-corrected chi connectivity index (χ4v) is 4.15. The minimum absolute atomic E-state index is 0. The van der Waals surface area contributed by atoms with Gasteiger partial charge in [-0.1, -0.05) is 0 Å². The number of thioether (sulfide) groups is 1. The van der Waals surface area contributed by atoms with Crippen molar-refractivity contribution < 1.29 is 4.79 Å².